The number of hydrogen-bond donors (Lipinski definition) is 3. The Morgan fingerprint density at radius 1 is 1.40 bits per heavy atom. The van der Waals surface area contributed by atoms with Gasteiger partial charge in [-0.1, -0.05) is 11.6 Å². The number of aliphatic hydroxyl groups excluding tert-OH is 1. The Morgan fingerprint density at radius 3 is 2.50 bits per heavy atom. The summed E-state index contributed by atoms with van der Waals surface area (Å²) >= 11 is 5.69. The highest BCUT2D eigenvalue weighted by Crippen LogP contribution is 2.22. The Labute approximate surface area is 122 Å². The molecule has 0 heterocycles. The molecular weight excluding hydrogens is 306 g/mol. The number of rotatable bonds is 6. The predicted octanol–water partition coefficient (Wildman–Crippen LogP) is 1.48. The normalized spacial score (nSPS) is 12.4. The lowest BCUT2D eigenvalue weighted by Gasteiger charge is -2.25. The van der Waals surface area contributed by atoms with Crippen LogP contribution >= 0.6 is 11.6 Å². The van der Waals surface area contributed by atoms with Crippen LogP contribution in [0.15, 0.2) is 23.1 Å². The summed E-state index contributed by atoms with van der Waals surface area (Å²) in [5.74, 6) is -1.30. The van der Waals surface area contributed by atoms with Crippen LogP contribution in [-0.2, 0) is 10.0 Å². The zero-order valence-corrected chi connectivity index (χ0v) is 12.6. The molecule has 0 atom stereocenters. The average Bonchev–Trinajstić information content (AvgIpc) is 2.26. The Bertz CT molecular complexity index is 612. The van der Waals surface area contributed by atoms with E-state index in [4.69, 9.17) is 21.8 Å². The van der Waals surface area contributed by atoms with Gasteiger partial charge in [0, 0.05) is 12.1 Å². The lowest BCUT2D eigenvalue weighted by Crippen LogP contribution is -2.43. The van der Waals surface area contributed by atoms with Crippen molar-refractivity contribution in [3.63, 3.8) is 0 Å². The lowest BCUT2D eigenvalue weighted by molar-refractivity contribution is 0.0697. The molecule has 0 saturated heterocycles. The molecule has 112 valence electrons. The number of aliphatic hydroxyl groups is 1. The molecule has 0 radical (unpaired) electrons. The molecule has 1 aromatic rings. The monoisotopic (exact) mass is 321 g/mol. The van der Waals surface area contributed by atoms with E-state index >= 15 is 0 Å². The summed E-state index contributed by atoms with van der Waals surface area (Å²) in [6.45, 7) is 3.07. The van der Waals surface area contributed by atoms with Crippen molar-refractivity contribution in [1.82, 2.24) is 4.72 Å². The second-order valence-corrected chi connectivity index (χ2v) is 7.00. The third kappa shape index (κ3) is 4.17. The molecule has 8 heteroatoms. The number of carboxylic acid groups (broad SMARTS) is 1. The van der Waals surface area contributed by atoms with Gasteiger partial charge in [0.15, 0.2) is 0 Å². The number of aromatic carboxylic acids is 1. The first-order valence-corrected chi connectivity index (χ1v) is 7.63. The smallest absolute Gasteiger partial charge is 0.337 e. The van der Waals surface area contributed by atoms with Crippen molar-refractivity contribution in [1.29, 1.82) is 0 Å². The van der Waals surface area contributed by atoms with Crippen LogP contribution in [0.4, 0.5) is 0 Å². The number of halogens is 1. The molecule has 0 aliphatic carbocycles. The van der Waals surface area contributed by atoms with Crippen molar-refractivity contribution in [2.24, 2.45) is 0 Å². The number of carboxylic acids is 1. The Kier molecular flexibility index (Phi) is 5.15. The van der Waals surface area contributed by atoms with Crippen LogP contribution in [0.25, 0.3) is 0 Å². The highest BCUT2D eigenvalue weighted by Gasteiger charge is 2.26. The van der Waals surface area contributed by atoms with Crippen LogP contribution in [0.3, 0.4) is 0 Å². The minimum absolute atomic E-state index is 0.0360. The van der Waals surface area contributed by atoms with E-state index in [2.05, 4.69) is 4.72 Å². The molecule has 0 aliphatic rings. The van der Waals surface area contributed by atoms with Crippen molar-refractivity contribution in [3.8, 4) is 0 Å². The fourth-order valence-electron chi connectivity index (χ4n) is 1.59. The van der Waals surface area contributed by atoms with Crippen LogP contribution in [0, 0.1) is 0 Å². The molecule has 3 N–H and O–H groups in total. The highest BCUT2D eigenvalue weighted by molar-refractivity contribution is 7.89. The molecule has 0 saturated carbocycles. The third-order valence-electron chi connectivity index (χ3n) is 2.63. The first kappa shape index (κ1) is 16.9. The minimum atomic E-state index is -3.90. The molecule has 0 aromatic heterocycles. The van der Waals surface area contributed by atoms with Gasteiger partial charge >= 0.3 is 5.97 Å². The van der Waals surface area contributed by atoms with Crippen molar-refractivity contribution in [2.45, 2.75) is 30.7 Å². The molecule has 0 fully saturated rings. The molecular formula is C12H16ClNO5S. The highest BCUT2D eigenvalue weighted by atomic mass is 35.5. The van der Waals surface area contributed by atoms with Crippen molar-refractivity contribution in [3.05, 3.63) is 28.8 Å². The maximum Gasteiger partial charge on any atom is 0.337 e. The van der Waals surface area contributed by atoms with Crippen molar-refractivity contribution < 1.29 is 23.4 Å². The van der Waals surface area contributed by atoms with Gasteiger partial charge in [-0.15, -0.1) is 0 Å². The molecule has 20 heavy (non-hydrogen) atoms. The number of sulfonamides is 1. The van der Waals surface area contributed by atoms with E-state index in [1.807, 2.05) is 0 Å². The fourth-order valence-corrected chi connectivity index (χ4v) is 3.25. The number of benzene rings is 1. The number of carbonyl (C=O) groups is 1. The maximum atomic E-state index is 12.2. The summed E-state index contributed by atoms with van der Waals surface area (Å²) in [7, 11) is -3.90. The van der Waals surface area contributed by atoms with E-state index in [0.717, 1.165) is 6.07 Å². The SMILES string of the molecule is CC(C)(CCO)NS(=O)(=O)c1ccc(Cl)c(C(=O)O)c1. The van der Waals surface area contributed by atoms with E-state index in [1.165, 1.54) is 12.1 Å². The Hall–Kier alpha value is -1.15. The van der Waals surface area contributed by atoms with Gasteiger partial charge < -0.3 is 10.2 Å². The molecule has 6 nitrogen and oxygen atoms in total. The van der Waals surface area contributed by atoms with Gasteiger partial charge in [0.25, 0.3) is 0 Å². The van der Waals surface area contributed by atoms with Gasteiger partial charge in [-0.2, -0.15) is 0 Å². The third-order valence-corrected chi connectivity index (χ3v) is 4.65. The average molecular weight is 322 g/mol. The van der Waals surface area contributed by atoms with Gasteiger partial charge in [-0.05, 0) is 38.5 Å². The zero-order valence-electron chi connectivity index (χ0n) is 11.1. The Balaban J connectivity index is 3.17. The van der Waals surface area contributed by atoms with Crippen LogP contribution < -0.4 is 4.72 Å². The first-order chi connectivity index (χ1) is 9.09. The molecule has 1 rings (SSSR count). The van der Waals surface area contributed by atoms with Gasteiger partial charge in [-0.25, -0.2) is 17.9 Å². The standard InChI is InChI=1S/C12H16ClNO5S/c1-12(2,5-6-15)14-20(18,19)8-3-4-10(13)9(7-8)11(16)17/h3-4,7,14-15H,5-6H2,1-2H3,(H,16,17). The van der Waals surface area contributed by atoms with Gasteiger partial charge in [-0.3, -0.25) is 0 Å². The molecule has 0 amide bonds. The molecule has 1 aromatic carbocycles. The number of hydrogen-bond acceptors (Lipinski definition) is 4. The largest absolute Gasteiger partial charge is 0.478 e. The lowest BCUT2D eigenvalue weighted by atomic mass is 10.0. The summed E-state index contributed by atoms with van der Waals surface area (Å²) in [5, 5.41) is 17.8. The molecule has 0 spiro atoms. The van der Waals surface area contributed by atoms with Crippen LogP contribution in [0.5, 0.6) is 0 Å². The first-order valence-electron chi connectivity index (χ1n) is 5.77. The Morgan fingerprint density at radius 2 is 2.00 bits per heavy atom. The fraction of sp³-hybridized carbons (Fsp3) is 0.417. The van der Waals surface area contributed by atoms with Crippen LogP contribution in [0.2, 0.25) is 5.02 Å². The predicted molar refractivity (Wildman–Crippen MR) is 74.5 cm³/mol. The van der Waals surface area contributed by atoms with Crippen LogP contribution in [0.1, 0.15) is 30.6 Å². The van der Waals surface area contributed by atoms with Crippen LogP contribution in [-0.4, -0.2) is 36.7 Å². The molecule has 0 bridgehead atoms. The quantitative estimate of drug-likeness (QED) is 0.736. The summed E-state index contributed by atoms with van der Waals surface area (Å²) < 4.78 is 26.8. The van der Waals surface area contributed by atoms with E-state index < -0.39 is 21.5 Å². The molecule has 0 aliphatic heterocycles. The van der Waals surface area contributed by atoms with E-state index in [0.29, 0.717) is 0 Å². The zero-order chi connectivity index (χ0) is 15.6. The van der Waals surface area contributed by atoms with E-state index in [-0.39, 0.29) is 28.5 Å². The van der Waals surface area contributed by atoms with Gasteiger partial charge in [0.1, 0.15) is 0 Å². The molecule has 0 unspecified atom stereocenters. The van der Waals surface area contributed by atoms with E-state index in [1.54, 1.807) is 13.8 Å². The minimum Gasteiger partial charge on any atom is -0.478 e. The summed E-state index contributed by atoms with van der Waals surface area (Å²) in [4.78, 5) is 10.8. The summed E-state index contributed by atoms with van der Waals surface area (Å²) in [5.41, 5.74) is -1.13. The van der Waals surface area contributed by atoms with Crippen molar-refractivity contribution in [2.75, 3.05) is 6.61 Å². The topological polar surface area (TPSA) is 104 Å². The van der Waals surface area contributed by atoms with E-state index in [9.17, 15) is 13.2 Å². The maximum absolute atomic E-state index is 12.2. The van der Waals surface area contributed by atoms with Gasteiger partial charge in [0.05, 0.1) is 15.5 Å². The summed E-state index contributed by atoms with van der Waals surface area (Å²) in [6.07, 6.45) is 0.228. The number of nitrogens with one attached hydrogen (secondary N) is 1. The summed E-state index contributed by atoms with van der Waals surface area (Å²) in [6, 6.07) is 3.45. The van der Waals surface area contributed by atoms with Gasteiger partial charge in [0.2, 0.25) is 10.0 Å². The second-order valence-electron chi connectivity index (χ2n) is 4.91. The second kappa shape index (κ2) is 6.09. The van der Waals surface area contributed by atoms with Crippen molar-refractivity contribution >= 4 is 27.6 Å².